The topological polar surface area (TPSA) is 90.1 Å². The van der Waals surface area contributed by atoms with Crippen molar-refractivity contribution in [3.63, 3.8) is 0 Å². The van der Waals surface area contributed by atoms with Crippen molar-refractivity contribution >= 4 is 34.1 Å². The first kappa shape index (κ1) is 21.6. The molecular formula is C21H19F4N5O2. The maximum Gasteiger partial charge on any atom is 0.408 e. The van der Waals surface area contributed by atoms with E-state index >= 15 is 0 Å². The number of H-pyrrole nitrogens is 1. The molecule has 0 saturated carbocycles. The molecule has 3 N–H and O–H groups in total. The highest BCUT2D eigenvalue weighted by Gasteiger charge is 2.38. The molecule has 2 heterocycles. The molecule has 0 saturated heterocycles. The minimum absolute atomic E-state index is 0.0729. The third-order valence-electron chi connectivity index (χ3n) is 5.28. The zero-order valence-corrected chi connectivity index (χ0v) is 17.1. The number of nitrogens with zero attached hydrogens (tertiary/aromatic N) is 2. The largest absolute Gasteiger partial charge is 0.408 e. The van der Waals surface area contributed by atoms with Crippen molar-refractivity contribution in [1.29, 1.82) is 0 Å². The Labute approximate surface area is 179 Å². The number of anilines is 2. The molecule has 1 aliphatic rings. The third kappa shape index (κ3) is 3.97. The van der Waals surface area contributed by atoms with Crippen molar-refractivity contribution in [1.82, 2.24) is 20.4 Å². The minimum Gasteiger partial charge on any atom is -0.355 e. The second-order valence-corrected chi connectivity index (χ2v) is 7.66. The van der Waals surface area contributed by atoms with Crippen molar-refractivity contribution < 1.29 is 27.2 Å². The first-order valence-electron chi connectivity index (χ1n) is 9.73. The second kappa shape index (κ2) is 7.81. The zero-order chi connectivity index (χ0) is 23.2. The number of hydrogen-bond donors (Lipinski definition) is 3. The van der Waals surface area contributed by atoms with E-state index in [1.165, 1.54) is 6.07 Å². The highest BCUT2D eigenvalue weighted by atomic mass is 19.4. The first-order valence-corrected chi connectivity index (χ1v) is 9.73. The van der Waals surface area contributed by atoms with Gasteiger partial charge in [0, 0.05) is 17.9 Å². The molecule has 32 heavy (non-hydrogen) atoms. The van der Waals surface area contributed by atoms with Gasteiger partial charge in [0.05, 0.1) is 22.2 Å². The van der Waals surface area contributed by atoms with Crippen molar-refractivity contribution in [3.8, 4) is 0 Å². The molecule has 1 atom stereocenters. The monoisotopic (exact) mass is 449 g/mol. The summed E-state index contributed by atoms with van der Waals surface area (Å²) in [5.74, 6) is -1.89. The quantitative estimate of drug-likeness (QED) is 0.518. The Hall–Kier alpha value is -3.63. The number of nitrogens with one attached hydrogen (secondary N) is 3. The van der Waals surface area contributed by atoms with Gasteiger partial charge in [-0.1, -0.05) is 12.1 Å². The van der Waals surface area contributed by atoms with Gasteiger partial charge < -0.3 is 15.5 Å². The predicted octanol–water partition coefficient (Wildman–Crippen LogP) is 3.78. The number of aromatic nitrogens is 2. The van der Waals surface area contributed by atoms with Crippen molar-refractivity contribution in [2.75, 3.05) is 11.9 Å². The van der Waals surface area contributed by atoms with E-state index in [2.05, 4.69) is 15.5 Å². The summed E-state index contributed by atoms with van der Waals surface area (Å²) in [6.45, 7) is 2.09. The van der Waals surface area contributed by atoms with Crippen LogP contribution in [0.25, 0.3) is 10.9 Å². The second-order valence-electron chi connectivity index (χ2n) is 7.66. The first-order chi connectivity index (χ1) is 15.0. The number of aromatic amines is 1. The number of aryl methyl sites for hydroxylation is 1. The summed E-state index contributed by atoms with van der Waals surface area (Å²) in [4.78, 5) is 26.1. The Morgan fingerprint density at radius 1 is 1.31 bits per heavy atom. The average molecular weight is 449 g/mol. The lowest BCUT2D eigenvalue weighted by molar-refractivity contribution is -0.158. The van der Waals surface area contributed by atoms with Crippen LogP contribution in [-0.4, -0.2) is 45.7 Å². The number of halogens is 4. The molecule has 0 radical (unpaired) electrons. The van der Waals surface area contributed by atoms with E-state index in [9.17, 15) is 27.2 Å². The molecule has 0 aliphatic carbocycles. The van der Waals surface area contributed by atoms with Gasteiger partial charge in [0.15, 0.2) is 0 Å². The molecule has 168 valence electrons. The van der Waals surface area contributed by atoms with Gasteiger partial charge in [-0.3, -0.25) is 14.7 Å². The van der Waals surface area contributed by atoms with E-state index < -0.39 is 36.4 Å². The van der Waals surface area contributed by atoms with Gasteiger partial charge in [0.25, 0.3) is 5.91 Å². The molecular weight excluding hydrogens is 430 g/mol. The summed E-state index contributed by atoms with van der Waals surface area (Å²) in [5, 5.41) is 12.0. The molecule has 3 aromatic rings. The molecule has 0 spiro atoms. The maximum absolute atomic E-state index is 14.5. The summed E-state index contributed by atoms with van der Waals surface area (Å²) >= 11 is 0. The van der Waals surface area contributed by atoms with Gasteiger partial charge in [-0.25, -0.2) is 4.39 Å². The molecule has 1 aliphatic heterocycles. The average Bonchev–Trinajstić information content (AvgIpc) is 3.22. The standard InChI is InChI=1S/C21H19F4N5O2/c1-10-18-14(22)6-13(7-16(18)29-28-10)27-15-5-3-4-12-8-30(20(32)19(12)15)9-17(31)26-11(2)21(23,24)25/h3-7,11,27H,8-9H2,1-2H3,(H,26,31)(H,28,29)/t11-/m0/s1. The van der Waals surface area contributed by atoms with Crippen LogP contribution in [0.2, 0.25) is 0 Å². The van der Waals surface area contributed by atoms with Crippen molar-refractivity contribution in [2.45, 2.75) is 32.6 Å². The number of alkyl halides is 3. The number of rotatable bonds is 5. The van der Waals surface area contributed by atoms with Crippen LogP contribution in [0.5, 0.6) is 0 Å². The summed E-state index contributed by atoms with van der Waals surface area (Å²) in [7, 11) is 0. The Bertz CT molecular complexity index is 1220. The number of fused-ring (bicyclic) bond motifs is 2. The molecule has 0 unspecified atom stereocenters. The van der Waals surface area contributed by atoms with Crippen molar-refractivity contribution in [3.05, 3.63) is 53.0 Å². The summed E-state index contributed by atoms with van der Waals surface area (Å²) in [6, 6.07) is 5.90. The predicted molar refractivity (Wildman–Crippen MR) is 109 cm³/mol. The zero-order valence-electron chi connectivity index (χ0n) is 17.1. The SMILES string of the molecule is Cc1[nH]nc2cc(Nc3cccc4c3C(=O)N(CC(=O)N[C@@H](C)C(F)(F)F)C4)cc(F)c12. The molecule has 2 amide bonds. The van der Waals surface area contributed by atoms with E-state index in [0.717, 1.165) is 11.8 Å². The fourth-order valence-electron chi connectivity index (χ4n) is 3.67. The van der Waals surface area contributed by atoms with Crippen LogP contribution < -0.4 is 10.6 Å². The fraction of sp³-hybridized carbons (Fsp3) is 0.286. The van der Waals surface area contributed by atoms with Crippen LogP contribution in [0, 0.1) is 12.7 Å². The van der Waals surface area contributed by atoms with E-state index in [1.807, 2.05) is 5.32 Å². The minimum atomic E-state index is -4.58. The number of hydrogen-bond acceptors (Lipinski definition) is 4. The molecule has 0 fully saturated rings. The lowest BCUT2D eigenvalue weighted by Crippen LogP contribution is -2.47. The molecule has 1 aromatic heterocycles. The Balaban J connectivity index is 1.54. The van der Waals surface area contributed by atoms with Crippen LogP contribution in [0.1, 0.15) is 28.5 Å². The molecule has 0 bridgehead atoms. The van der Waals surface area contributed by atoms with Crippen molar-refractivity contribution in [2.24, 2.45) is 0 Å². The molecule has 11 heteroatoms. The normalized spacial score (nSPS) is 14.6. The third-order valence-corrected chi connectivity index (χ3v) is 5.28. The Morgan fingerprint density at radius 3 is 2.78 bits per heavy atom. The summed E-state index contributed by atoms with van der Waals surface area (Å²) in [6.07, 6.45) is -4.58. The smallest absolute Gasteiger partial charge is 0.355 e. The highest BCUT2D eigenvalue weighted by molar-refractivity contribution is 6.05. The molecule has 2 aromatic carbocycles. The maximum atomic E-state index is 14.5. The van der Waals surface area contributed by atoms with Crippen LogP contribution >= 0.6 is 0 Å². The van der Waals surface area contributed by atoms with E-state index in [4.69, 9.17) is 0 Å². The Kier molecular flexibility index (Phi) is 5.27. The number of carbonyl (C=O) groups is 2. The van der Waals surface area contributed by atoms with Crippen LogP contribution in [-0.2, 0) is 11.3 Å². The fourth-order valence-corrected chi connectivity index (χ4v) is 3.67. The van der Waals surface area contributed by atoms with Gasteiger partial charge in [-0.05, 0) is 37.6 Å². The number of benzene rings is 2. The van der Waals surface area contributed by atoms with Gasteiger partial charge in [-0.15, -0.1) is 0 Å². The summed E-state index contributed by atoms with van der Waals surface area (Å²) in [5.41, 5.74) is 2.66. The van der Waals surface area contributed by atoms with Crippen LogP contribution in [0.15, 0.2) is 30.3 Å². The van der Waals surface area contributed by atoms with Gasteiger partial charge >= 0.3 is 6.18 Å². The van der Waals surface area contributed by atoms with Gasteiger partial charge in [-0.2, -0.15) is 18.3 Å². The van der Waals surface area contributed by atoms with Gasteiger partial charge in [0.1, 0.15) is 18.4 Å². The van der Waals surface area contributed by atoms with E-state index in [0.29, 0.717) is 33.5 Å². The number of amides is 2. The number of carbonyl (C=O) groups excluding carboxylic acids is 2. The molecule has 7 nitrogen and oxygen atoms in total. The molecule has 4 rings (SSSR count). The van der Waals surface area contributed by atoms with Gasteiger partial charge in [0.2, 0.25) is 5.91 Å². The van der Waals surface area contributed by atoms with Crippen LogP contribution in [0.4, 0.5) is 28.9 Å². The highest BCUT2D eigenvalue weighted by Crippen LogP contribution is 2.33. The lowest BCUT2D eigenvalue weighted by atomic mass is 10.1. The Morgan fingerprint density at radius 2 is 2.06 bits per heavy atom. The van der Waals surface area contributed by atoms with Crippen LogP contribution in [0.3, 0.4) is 0 Å². The van der Waals surface area contributed by atoms with E-state index in [-0.39, 0.29) is 12.1 Å². The lowest BCUT2D eigenvalue weighted by Gasteiger charge is -2.20. The van der Waals surface area contributed by atoms with E-state index in [1.54, 1.807) is 31.2 Å². The summed E-state index contributed by atoms with van der Waals surface area (Å²) < 4.78 is 52.5.